The molecule has 0 radical (unpaired) electrons. The number of rotatable bonds is 6. The molecule has 3 N–H and O–H groups in total. The summed E-state index contributed by atoms with van der Waals surface area (Å²) in [5.41, 5.74) is 3.10. The first-order valence-corrected chi connectivity index (χ1v) is 9.56. The van der Waals surface area contributed by atoms with Crippen molar-refractivity contribution in [3.05, 3.63) is 57.8 Å². The van der Waals surface area contributed by atoms with Gasteiger partial charge >= 0.3 is 0 Å². The quantitative estimate of drug-likeness (QED) is 0.438. The number of hydrogen-bond acceptors (Lipinski definition) is 5. The van der Waals surface area contributed by atoms with Gasteiger partial charge in [-0.2, -0.15) is 0 Å². The first-order chi connectivity index (χ1) is 11.8. The van der Waals surface area contributed by atoms with E-state index >= 15 is 0 Å². The minimum atomic E-state index is -3.58. The predicted octanol–water partition coefficient (Wildman–Crippen LogP) is 2.35. The minimum Gasteiger partial charge on any atom is -0.290 e. The summed E-state index contributed by atoms with van der Waals surface area (Å²) in [5.74, 6) is 4.48. The van der Waals surface area contributed by atoms with E-state index < -0.39 is 15.9 Å². The van der Waals surface area contributed by atoms with Crippen molar-refractivity contribution in [2.45, 2.75) is 13.5 Å². The molecule has 1 amide bonds. The van der Waals surface area contributed by atoms with Gasteiger partial charge in [-0.3, -0.25) is 19.5 Å². The molecule has 0 unspecified atom stereocenters. The number of hydrogen-bond donors (Lipinski definition) is 2. The highest BCUT2D eigenvalue weighted by molar-refractivity contribution is 7.92. The van der Waals surface area contributed by atoms with Crippen molar-refractivity contribution >= 4 is 44.8 Å². The lowest BCUT2D eigenvalue weighted by molar-refractivity contribution is 0.0953. The third kappa shape index (κ3) is 4.60. The van der Waals surface area contributed by atoms with E-state index in [1.54, 1.807) is 19.1 Å². The topological polar surface area (TPSA) is 105 Å². The van der Waals surface area contributed by atoms with Crippen molar-refractivity contribution in [1.29, 1.82) is 0 Å². The monoisotopic (exact) mass is 402 g/mol. The summed E-state index contributed by atoms with van der Waals surface area (Å²) in [6, 6.07) is 7.64. The number of aromatic nitrogens is 1. The Balaban J connectivity index is 2.37. The predicted molar refractivity (Wildman–Crippen MR) is 98.0 cm³/mol. The molecule has 1 heterocycles. The van der Waals surface area contributed by atoms with E-state index in [0.29, 0.717) is 16.4 Å². The maximum absolute atomic E-state index is 12.5. The Morgan fingerprint density at radius 1 is 1.24 bits per heavy atom. The standard InChI is InChI=1S/C15H16Cl2N4O3S/c1-2-25(23,24)21(12-5-6-13(16)14(17)7-12)9-11-4-3-10(8-19-11)15(22)20-18/h3-8H,2,9,18H2,1H3,(H,20,22). The highest BCUT2D eigenvalue weighted by Crippen LogP contribution is 2.29. The van der Waals surface area contributed by atoms with Crippen LogP contribution in [0.4, 0.5) is 5.69 Å². The number of hydrazine groups is 1. The Labute approximate surface area is 155 Å². The number of anilines is 1. The summed E-state index contributed by atoms with van der Waals surface area (Å²) < 4.78 is 26.1. The molecule has 25 heavy (non-hydrogen) atoms. The van der Waals surface area contributed by atoms with Gasteiger partial charge in [0, 0.05) is 6.20 Å². The van der Waals surface area contributed by atoms with Gasteiger partial charge in [-0.05, 0) is 37.3 Å². The number of nitrogen functional groups attached to an aromatic ring is 1. The van der Waals surface area contributed by atoms with Gasteiger partial charge in [0.25, 0.3) is 5.91 Å². The number of nitrogens with two attached hydrogens (primary N) is 1. The molecule has 7 nitrogen and oxygen atoms in total. The zero-order chi connectivity index (χ0) is 18.6. The van der Waals surface area contributed by atoms with Crippen LogP contribution < -0.4 is 15.6 Å². The fraction of sp³-hybridized carbons (Fsp3) is 0.200. The van der Waals surface area contributed by atoms with Crippen LogP contribution in [0.2, 0.25) is 10.0 Å². The average Bonchev–Trinajstić information content (AvgIpc) is 2.61. The molecule has 1 aromatic carbocycles. The Bertz CT molecular complexity index is 873. The second kappa shape index (κ2) is 8.01. The Morgan fingerprint density at radius 2 is 1.96 bits per heavy atom. The fourth-order valence-corrected chi connectivity index (χ4v) is 3.40. The number of nitrogens with zero attached hydrogens (tertiary/aromatic N) is 2. The van der Waals surface area contributed by atoms with Gasteiger partial charge < -0.3 is 0 Å². The van der Waals surface area contributed by atoms with Gasteiger partial charge in [-0.1, -0.05) is 23.2 Å². The maximum atomic E-state index is 12.5. The molecule has 2 rings (SSSR count). The van der Waals surface area contributed by atoms with Gasteiger partial charge in [0.05, 0.1) is 39.3 Å². The zero-order valence-corrected chi connectivity index (χ0v) is 15.6. The highest BCUT2D eigenvalue weighted by Gasteiger charge is 2.22. The molecule has 2 aromatic rings. The van der Waals surface area contributed by atoms with E-state index in [2.05, 4.69) is 4.98 Å². The number of benzene rings is 1. The normalized spacial score (nSPS) is 11.2. The Morgan fingerprint density at radius 3 is 2.48 bits per heavy atom. The van der Waals surface area contributed by atoms with Crippen LogP contribution in [-0.2, 0) is 16.6 Å². The number of amides is 1. The van der Waals surface area contributed by atoms with E-state index in [0.717, 1.165) is 0 Å². The number of carbonyl (C=O) groups excluding carboxylic acids is 1. The van der Waals surface area contributed by atoms with Crippen LogP contribution in [0.15, 0.2) is 36.5 Å². The second-order valence-electron chi connectivity index (χ2n) is 5.02. The summed E-state index contributed by atoms with van der Waals surface area (Å²) >= 11 is 11.9. The molecular weight excluding hydrogens is 387 g/mol. The van der Waals surface area contributed by atoms with Crippen molar-refractivity contribution in [3.8, 4) is 0 Å². The first kappa shape index (κ1) is 19.5. The van der Waals surface area contributed by atoms with E-state index in [1.165, 1.54) is 28.7 Å². The number of sulfonamides is 1. The number of carbonyl (C=O) groups is 1. The Kier molecular flexibility index (Phi) is 6.23. The Hall–Kier alpha value is -1.87. The van der Waals surface area contributed by atoms with E-state index in [-0.39, 0.29) is 22.9 Å². The molecule has 0 saturated heterocycles. The maximum Gasteiger partial charge on any atom is 0.266 e. The number of pyridine rings is 1. The third-order valence-electron chi connectivity index (χ3n) is 3.42. The number of halogens is 2. The van der Waals surface area contributed by atoms with Crippen molar-refractivity contribution in [3.63, 3.8) is 0 Å². The first-order valence-electron chi connectivity index (χ1n) is 7.20. The lowest BCUT2D eigenvalue weighted by Gasteiger charge is -2.24. The molecule has 0 atom stereocenters. The van der Waals surface area contributed by atoms with Crippen LogP contribution in [0.5, 0.6) is 0 Å². The second-order valence-corrected chi connectivity index (χ2v) is 8.01. The summed E-state index contributed by atoms with van der Waals surface area (Å²) in [6.45, 7) is 1.53. The van der Waals surface area contributed by atoms with Gasteiger partial charge in [0.2, 0.25) is 10.0 Å². The zero-order valence-electron chi connectivity index (χ0n) is 13.2. The summed E-state index contributed by atoms with van der Waals surface area (Å²) in [4.78, 5) is 15.6. The van der Waals surface area contributed by atoms with Gasteiger partial charge in [-0.15, -0.1) is 0 Å². The molecule has 0 spiro atoms. The van der Waals surface area contributed by atoms with Crippen molar-refractivity contribution < 1.29 is 13.2 Å². The summed E-state index contributed by atoms with van der Waals surface area (Å²) in [7, 11) is -3.58. The van der Waals surface area contributed by atoms with Gasteiger partial charge in [-0.25, -0.2) is 14.3 Å². The van der Waals surface area contributed by atoms with Crippen molar-refractivity contribution in [1.82, 2.24) is 10.4 Å². The van der Waals surface area contributed by atoms with Gasteiger partial charge in [0.1, 0.15) is 0 Å². The number of nitrogens with one attached hydrogen (secondary N) is 1. The summed E-state index contributed by atoms with van der Waals surface area (Å²) in [6.07, 6.45) is 1.32. The van der Waals surface area contributed by atoms with Crippen LogP contribution in [0, 0.1) is 0 Å². The van der Waals surface area contributed by atoms with Crippen LogP contribution in [0.3, 0.4) is 0 Å². The smallest absolute Gasteiger partial charge is 0.266 e. The largest absolute Gasteiger partial charge is 0.290 e. The van der Waals surface area contributed by atoms with Crippen molar-refractivity contribution in [2.75, 3.05) is 10.1 Å². The molecule has 0 aliphatic carbocycles. The van der Waals surface area contributed by atoms with Gasteiger partial charge in [0.15, 0.2) is 0 Å². The molecular formula is C15H16Cl2N4O3S. The van der Waals surface area contributed by atoms with Crippen molar-refractivity contribution in [2.24, 2.45) is 5.84 Å². The molecule has 0 bridgehead atoms. The van der Waals surface area contributed by atoms with Crippen LogP contribution in [0.25, 0.3) is 0 Å². The molecule has 1 aromatic heterocycles. The fourth-order valence-electron chi connectivity index (χ4n) is 2.03. The molecule has 10 heteroatoms. The van der Waals surface area contributed by atoms with Crippen LogP contribution >= 0.6 is 23.2 Å². The average molecular weight is 403 g/mol. The molecule has 0 saturated carbocycles. The van der Waals surface area contributed by atoms with E-state index in [1.807, 2.05) is 5.43 Å². The lowest BCUT2D eigenvalue weighted by atomic mass is 10.2. The van der Waals surface area contributed by atoms with E-state index in [4.69, 9.17) is 29.0 Å². The summed E-state index contributed by atoms with van der Waals surface area (Å²) in [5, 5.41) is 0.577. The van der Waals surface area contributed by atoms with Crippen LogP contribution in [0.1, 0.15) is 23.0 Å². The molecule has 0 fully saturated rings. The molecule has 0 aliphatic rings. The van der Waals surface area contributed by atoms with E-state index in [9.17, 15) is 13.2 Å². The van der Waals surface area contributed by atoms with Crippen LogP contribution in [-0.4, -0.2) is 25.1 Å². The molecule has 134 valence electrons. The third-order valence-corrected chi connectivity index (χ3v) is 5.90. The highest BCUT2D eigenvalue weighted by atomic mass is 35.5. The lowest BCUT2D eigenvalue weighted by Crippen LogP contribution is -2.32. The molecule has 0 aliphatic heterocycles. The SMILES string of the molecule is CCS(=O)(=O)N(Cc1ccc(C(=O)NN)cn1)c1ccc(Cl)c(Cl)c1. The minimum absolute atomic E-state index is 0.0152.